The highest BCUT2D eigenvalue weighted by atomic mass is 79.9. The number of carbonyl (C=O) groups is 2. The maximum atomic E-state index is 12.7. The zero-order valence-corrected chi connectivity index (χ0v) is 21.2. The lowest BCUT2D eigenvalue weighted by Gasteiger charge is -2.36. The molecule has 35 heavy (non-hydrogen) atoms. The van der Waals surface area contributed by atoms with Gasteiger partial charge < -0.3 is 19.5 Å². The topological polar surface area (TPSA) is 78.7 Å². The van der Waals surface area contributed by atoms with E-state index in [1.807, 2.05) is 77.7 Å². The second kappa shape index (κ2) is 10.5. The minimum Gasteiger partial charge on any atom is -0.431 e. The third kappa shape index (κ3) is 5.68. The summed E-state index contributed by atoms with van der Waals surface area (Å²) in [5.41, 5.74) is 4.01. The summed E-state index contributed by atoms with van der Waals surface area (Å²) in [5, 5.41) is 3.40. The molecule has 178 valence electrons. The van der Waals surface area contributed by atoms with Crippen molar-refractivity contribution in [1.82, 2.24) is 9.88 Å². The highest BCUT2D eigenvalue weighted by molar-refractivity contribution is 9.10. The van der Waals surface area contributed by atoms with Crippen LogP contribution in [0.4, 0.5) is 11.4 Å². The number of carbonyl (C=O) groups excluding carboxylic acids is 2. The van der Waals surface area contributed by atoms with Crippen molar-refractivity contribution >= 4 is 62.0 Å². The van der Waals surface area contributed by atoms with Crippen molar-refractivity contribution in [3.05, 3.63) is 82.8 Å². The second-order valence-corrected chi connectivity index (χ2v) is 9.96. The quantitative estimate of drug-likeness (QED) is 0.329. The van der Waals surface area contributed by atoms with Crippen LogP contribution in [0.25, 0.3) is 11.1 Å². The molecule has 1 N–H and O–H groups in total. The number of aromatic nitrogens is 1. The van der Waals surface area contributed by atoms with Gasteiger partial charge in [-0.05, 0) is 60.7 Å². The first-order chi connectivity index (χ1) is 17.0. The number of nitrogens with one attached hydrogen (secondary N) is 1. The number of amides is 2. The van der Waals surface area contributed by atoms with Crippen LogP contribution in [-0.2, 0) is 4.79 Å². The molecule has 2 heterocycles. The van der Waals surface area contributed by atoms with Gasteiger partial charge in [-0.2, -0.15) is 0 Å². The number of hydrogen-bond donors (Lipinski definition) is 1. The summed E-state index contributed by atoms with van der Waals surface area (Å²) in [7, 11) is 0. The summed E-state index contributed by atoms with van der Waals surface area (Å²) in [6.07, 6.45) is 0. The maximum absolute atomic E-state index is 12.7. The first-order valence-corrected chi connectivity index (χ1v) is 13.0. The summed E-state index contributed by atoms with van der Waals surface area (Å²) in [6.45, 7) is 2.85. The Morgan fingerprint density at radius 3 is 2.37 bits per heavy atom. The number of rotatable bonds is 6. The molecule has 2 amide bonds. The SMILES string of the molecule is O=C(CSc1nc2ccccc2o1)Nc1ccc(N2CCN(C(=O)c3ccc(Br)cc3)CC2)cc1. The van der Waals surface area contributed by atoms with E-state index in [1.54, 1.807) is 0 Å². The van der Waals surface area contributed by atoms with E-state index >= 15 is 0 Å². The van der Waals surface area contributed by atoms with Gasteiger partial charge in [-0.15, -0.1) is 0 Å². The van der Waals surface area contributed by atoms with E-state index in [1.165, 1.54) is 11.8 Å². The molecule has 0 radical (unpaired) electrons. The van der Waals surface area contributed by atoms with Gasteiger partial charge in [0.1, 0.15) is 5.52 Å². The van der Waals surface area contributed by atoms with Crippen LogP contribution in [0.15, 0.2) is 86.9 Å². The molecule has 1 aliphatic rings. The van der Waals surface area contributed by atoms with Gasteiger partial charge in [0.05, 0.1) is 5.75 Å². The number of fused-ring (bicyclic) bond motifs is 1. The summed E-state index contributed by atoms with van der Waals surface area (Å²) < 4.78 is 6.60. The fourth-order valence-corrected chi connectivity index (χ4v) is 4.84. The van der Waals surface area contributed by atoms with Crippen molar-refractivity contribution in [1.29, 1.82) is 0 Å². The first-order valence-electron chi connectivity index (χ1n) is 11.2. The molecule has 0 bridgehead atoms. The maximum Gasteiger partial charge on any atom is 0.257 e. The van der Waals surface area contributed by atoms with Crippen molar-refractivity contribution in [2.75, 3.05) is 42.1 Å². The van der Waals surface area contributed by atoms with Crippen LogP contribution < -0.4 is 10.2 Å². The summed E-state index contributed by atoms with van der Waals surface area (Å²) in [4.78, 5) is 33.6. The lowest BCUT2D eigenvalue weighted by molar-refractivity contribution is -0.113. The lowest BCUT2D eigenvalue weighted by atomic mass is 10.1. The van der Waals surface area contributed by atoms with Gasteiger partial charge in [0.2, 0.25) is 5.91 Å². The van der Waals surface area contributed by atoms with Crippen molar-refractivity contribution in [2.45, 2.75) is 5.22 Å². The number of anilines is 2. The Balaban J connectivity index is 1.10. The molecule has 1 aliphatic heterocycles. The fraction of sp³-hybridized carbons (Fsp3) is 0.192. The number of para-hydroxylation sites is 2. The standard InChI is InChI=1S/C26H23BrN4O3S/c27-19-7-5-18(6-8-19)25(33)31-15-13-30(14-16-31)21-11-9-20(10-12-21)28-24(32)17-35-26-29-22-3-1-2-4-23(22)34-26/h1-12H,13-17H2,(H,28,32). The number of oxazole rings is 1. The number of benzene rings is 3. The van der Waals surface area contributed by atoms with Crippen molar-refractivity contribution in [2.24, 2.45) is 0 Å². The van der Waals surface area contributed by atoms with E-state index in [9.17, 15) is 9.59 Å². The zero-order chi connectivity index (χ0) is 24.2. The van der Waals surface area contributed by atoms with Gasteiger partial charge >= 0.3 is 0 Å². The number of piperazine rings is 1. The monoisotopic (exact) mass is 550 g/mol. The molecular formula is C26H23BrN4O3S. The summed E-state index contributed by atoms with van der Waals surface area (Å²) in [6, 6.07) is 22.8. The average Bonchev–Trinajstić information content (AvgIpc) is 3.31. The average molecular weight is 551 g/mol. The van der Waals surface area contributed by atoms with Crippen molar-refractivity contribution < 1.29 is 14.0 Å². The Morgan fingerprint density at radius 2 is 1.66 bits per heavy atom. The second-order valence-electron chi connectivity index (χ2n) is 8.12. The van der Waals surface area contributed by atoms with Gasteiger partial charge in [-0.1, -0.05) is 39.8 Å². The van der Waals surface area contributed by atoms with Crippen LogP contribution in [0.1, 0.15) is 10.4 Å². The van der Waals surface area contributed by atoms with Crippen molar-refractivity contribution in [3.8, 4) is 0 Å². The van der Waals surface area contributed by atoms with E-state index in [2.05, 4.69) is 31.1 Å². The van der Waals surface area contributed by atoms with Gasteiger partial charge in [-0.3, -0.25) is 9.59 Å². The smallest absolute Gasteiger partial charge is 0.257 e. The van der Waals surface area contributed by atoms with Crippen LogP contribution >= 0.6 is 27.7 Å². The Morgan fingerprint density at radius 1 is 0.943 bits per heavy atom. The van der Waals surface area contributed by atoms with Crippen LogP contribution in [0, 0.1) is 0 Å². The van der Waals surface area contributed by atoms with Crippen LogP contribution in [-0.4, -0.2) is 53.6 Å². The van der Waals surface area contributed by atoms with E-state index in [-0.39, 0.29) is 17.6 Å². The highest BCUT2D eigenvalue weighted by Gasteiger charge is 2.22. The first kappa shape index (κ1) is 23.4. The van der Waals surface area contributed by atoms with Gasteiger partial charge in [0.15, 0.2) is 5.58 Å². The molecule has 1 aromatic heterocycles. The Bertz CT molecular complexity index is 1300. The third-order valence-corrected chi connectivity index (χ3v) is 7.13. The third-order valence-electron chi connectivity index (χ3n) is 5.78. The summed E-state index contributed by atoms with van der Waals surface area (Å²) >= 11 is 4.67. The Labute approximate surface area is 215 Å². The number of thioether (sulfide) groups is 1. The lowest BCUT2D eigenvalue weighted by Crippen LogP contribution is -2.48. The molecule has 0 atom stereocenters. The van der Waals surface area contributed by atoms with Gasteiger partial charge in [0, 0.05) is 47.6 Å². The fourth-order valence-electron chi connectivity index (χ4n) is 3.94. The van der Waals surface area contributed by atoms with E-state index in [4.69, 9.17) is 4.42 Å². The van der Waals surface area contributed by atoms with Crippen LogP contribution in [0.3, 0.4) is 0 Å². The molecule has 4 aromatic rings. The number of halogens is 1. The van der Waals surface area contributed by atoms with Gasteiger partial charge in [0.25, 0.3) is 11.1 Å². The largest absolute Gasteiger partial charge is 0.431 e. The zero-order valence-electron chi connectivity index (χ0n) is 18.8. The van der Waals surface area contributed by atoms with Crippen LogP contribution in [0.2, 0.25) is 0 Å². The molecule has 1 saturated heterocycles. The highest BCUT2D eigenvalue weighted by Crippen LogP contribution is 2.24. The molecule has 1 fully saturated rings. The predicted molar refractivity (Wildman–Crippen MR) is 142 cm³/mol. The number of hydrogen-bond acceptors (Lipinski definition) is 6. The predicted octanol–water partition coefficient (Wildman–Crippen LogP) is 5.28. The molecule has 0 spiro atoms. The Hall–Kier alpha value is -3.30. The molecule has 0 aliphatic carbocycles. The molecule has 7 nitrogen and oxygen atoms in total. The van der Waals surface area contributed by atoms with Crippen LogP contribution in [0.5, 0.6) is 0 Å². The Kier molecular flexibility index (Phi) is 7.06. The number of nitrogens with zero attached hydrogens (tertiary/aromatic N) is 3. The minimum absolute atomic E-state index is 0.0610. The normalized spacial score (nSPS) is 13.7. The molecule has 0 saturated carbocycles. The molecule has 3 aromatic carbocycles. The molecule has 9 heteroatoms. The molecule has 5 rings (SSSR count). The van der Waals surface area contributed by atoms with E-state index in [0.717, 1.165) is 34.5 Å². The van der Waals surface area contributed by atoms with E-state index in [0.29, 0.717) is 29.5 Å². The molecular weight excluding hydrogens is 528 g/mol. The minimum atomic E-state index is -0.120. The van der Waals surface area contributed by atoms with Gasteiger partial charge in [-0.25, -0.2) is 4.98 Å². The van der Waals surface area contributed by atoms with Crippen molar-refractivity contribution in [3.63, 3.8) is 0 Å². The van der Waals surface area contributed by atoms with E-state index < -0.39 is 0 Å². The molecule has 0 unspecified atom stereocenters. The summed E-state index contributed by atoms with van der Waals surface area (Å²) in [5.74, 6) is 0.152.